The van der Waals surface area contributed by atoms with E-state index in [1.807, 2.05) is 129 Å². The average molecular weight is 1040 g/mol. The molecule has 3 aromatic heterocycles. The van der Waals surface area contributed by atoms with Crippen LogP contribution in [0.4, 0.5) is 0 Å². The van der Waals surface area contributed by atoms with Gasteiger partial charge in [0.05, 0.1) is 47.8 Å². The number of hydrogen-bond acceptors (Lipinski definition) is 4. The number of carbonyl (C=O) groups excluding carboxylic acids is 3. The van der Waals surface area contributed by atoms with Crippen molar-refractivity contribution in [3.05, 3.63) is 84.3 Å². The van der Waals surface area contributed by atoms with Gasteiger partial charge in [-0.05, 0) is 111 Å². The van der Waals surface area contributed by atoms with Crippen molar-refractivity contribution in [1.29, 1.82) is 0 Å². The van der Waals surface area contributed by atoms with Crippen LogP contribution in [0.25, 0.3) is 0 Å². The molecule has 0 saturated carbocycles. The van der Waals surface area contributed by atoms with Crippen molar-refractivity contribution >= 4 is 85.5 Å². The molecule has 3 aromatic rings. The van der Waals surface area contributed by atoms with E-state index in [0.29, 0.717) is 39.3 Å². The Morgan fingerprint density at radius 2 is 0.980 bits per heavy atom. The highest BCUT2D eigenvalue weighted by Crippen LogP contribution is 2.50. The van der Waals surface area contributed by atoms with Crippen molar-refractivity contribution in [2.24, 2.45) is 21.7 Å². The van der Waals surface area contributed by atoms with Gasteiger partial charge >= 0.3 is 0 Å². The first-order chi connectivity index (χ1) is 23.9. The van der Waals surface area contributed by atoms with E-state index in [1.54, 1.807) is 7.11 Å². The van der Waals surface area contributed by atoms with Gasteiger partial charge in [-0.15, -0.1) is 0 Å². The van der Waals surface area contributed by atoms with E-state index in [1.165, 1.54) is 0 Å². The van der Waals surface area contributed by atoms with Crippen LogP contribution in [0.5, 0.6) is 0 Å². The number of ether oxygens (including phenoxy) is 1. The third-order valence-corrected chi connectivity index (χ3v) is 11.6. The molecule has 3 heterocycles. The maximum Gasteiger partial charge on any atom is 0.228 e. The van der Waals surface area contributed by atoms with E-state index in [0.717, 1.165) is 10.7 Å². The van der Waals surface area contributed by atoms with Gasteiger partial charge in [0, 0.05) is 30.7 Å². The van der Waals surface area contributed by atoms with E-state index in [9.17, 15) is 14.4 Å². The van der Waals surface area contributed by atoms with Crippen molar-refractivity contribution in [3.63, 3.8) is 0 Å². The predicted molar refractivity (Wildman–Crippen MR) is 222 cm³/mol. The van der Waals surface area contributed by atoms with Gasteiger partial charge in [0.1, 0.15) is 0 Å². The topological polar surface area (TPSA) is 108 Å². The molecule has 3 rings (SSSR count). The summed E-state index contributed by atoms with van der Waals surface area (Å²) in [5.74, 6) is -0.515. The minimum atomic E-state index is -1.12. The van der Waals surface area contributed by atoms with Crippen molar-refractivity contribution in [1.82, 2.24) is 16.0 Å². The molecule has 3 amide bonds. The molecule has 10 nitrogen and oxygen atoms in total. The maximum atomic E-state index is 14.5. The van der Waals surface area contributed by atoms with Gasteiger partial charge in [0.2, 0.25) is 17.7 Å². The fraction of sp³-hybridized carbons (Fsp3) is 0.526. The maximum absolute atomic E-state index is 14.5. The largest absolute Gasteiger partial charge is 0.384 e. The van der Waals surface area contributed by atoms with Gasteiger partial charge in [-0.3, -0.25) is 14.4 Å². The summed E-state index contributed by atoms with van der Waals surface area (Å²) in [4.78, 5) is 42.8. The highest BCUT2D eigenvalue weighted by Gasteiger charge is 2.53. The van der Waals surface area contributed by atoms with Crippen LogP contribution >= 0.6 is 67.8 Å². The normalized spacial score (nSPS) is 15.2. The number of nitrogens with zero attached hydrogens (tertiary/aromatic N) is 3. The van der Waals surface area contributed by atoms with E-state index in [-0.39, 0.29) is 37.2 Å². The Morgan fingerprint density at radius 1 is 0.608 bits per heavy atom. The highest BCUT2D eigenvalue weighted by molar-refractivity contribution is 14.1. The summed E-state index contributed by atoms with van der Waals surface area (Å²) in [6.45, 7) is 15.0. The summed E-state index contributed by atoms with van der Waals surface area (Å²) in [5.41, 5.74) is -3.66. The standard InChI is InChI=1S/C38H51I3N6O4/c1-35(2,3)38(6,34(50)44-16-22-47-19-10-13-31(41)25-47)27-36(4,32(48)42-14-20-45-17-8-11-29(39)23-45)26-37(5,28-51-7)33(49)43-15-21-46-18-9-12-30(40)24-46/h8-13,17-19,23-25H,14-16,20-22,26-28H2,1-7H3/p+3. The van der Waals surface area contributed by atoms with Crippen LogP contribution in [0, 0.1) is 32.4 Å². The Labute approximate surface area is 344 Å². The number of rotatable bonds is 18. The zero-order chi connectivity index (χ0) is 37.9. The number of nitrogens with one attached hydrogen (secondary N) is 3. The zero-order valence-corrected chi connectivity index (χ0v) is 37.4. The number of hydrogen-bond donors (Lipinski definition) is 3. The summed E-state index contributed by atoms with van der Waals surface area (Å²) in [5, 5.41) is 9.47. The van der Waals surface area contributed by atoms with E-state index >= 15 is 0 Å². The SMILES string of the molecule is COCC(C)(CC(C)(CC(C)(C(=O)NCC[n+]1cccc(I)c1)C(C)(C)C)C(=O)NCC[n+]1cccc(I)c1)C(=O)NCC[n+]1cccc(I)c1. The second-order valence-corrected chi connectivity index (χ2v) is 18.8. The number of carbonyl (C=O) groups is 3. The summed E-state index contributed by atoms with van der Waals surface area (Å²) >= 11 is 6.81. The monoisotopic (exact) mass is 1040 g/mol. The summed E-state index contributed by atoms with van der Waals surface area (Å²) in [6, 6.07) is 12.0. The lowest BCUT2D eigenvalue weighted by Crippen LogP contribution is -2.56. The average Bonchev–Trinajstić information content (AvgIpc) is 3.04. The van der Waals surface area contributed by atoms with Gasteiger partial charge < -0.3 is 20.7 Å². The van der Waals surface area contributed by atoms with E-state index in [4.69, 9.17) is 4.74 Å². The molecule has 3 unspecified atom stereocenters. The molecule has 278 valence electrons. The Kier molecular flexibility index (Phi) is 16.5. The third-order valence-electron chi connectivity index (χ3n) is 9.67. The smallest absolute Gasteiger partial charge is 0.228 e. The van der Waals surface area contributed by atoms with Crippen LogP contribution in [0.15, 0.2) is 73.6 Å². The molecule has 0 aliphatic carbocycles. The van der Waals surface area contributed by atoms with Crippen molar-refractivity contribution in [3.8, 4) is 0 Å². The lowest BCUT2D eigenvalue weighted by atomic mass is 9.57. The number of aromatic nitrogens is 3. The number of pyridine rings is 3. The van der Waals surface area contributed by atoms with Crippen LogP contribution < -0.4 is 29.7 Å². The lowest BCUT2D eigenvalue weighted by molar-refractivity contribution is -0.695. The fourth-order valence-electron chi connectivity index (χ4n) is 6.47. The van der Waals surface area contributed by atoms with E-state index < -0.39 is 21.7 Å². The minimum Gasteiger partial charge on any atom is -0.384 e. The van der Waals surface area contributed by atoms with Crippen molar-refractivity contribution in [2.45, 2.75) is 74.0 Å². The first kappa shape index (κ1) is 43.4. The van der Waals surface area contributed by atoms with Crippen molar-refractivity contribution < 1.29 is 32.8 Å². The van der Waals surface area contributed by atoms with Crippen LogP contribution in [0.2, 0.25) is 0 Å². The zero-order valence-electron chi connectivity index (χ0n) is 30.9. The molecule has 51 heavy (non-hydrogen) atoms. The van der Waals surface area contributed by atoms with Gasteiger partial charge in [-0.1, -0.05) is 34.6 Å². The minimum absolute atomic E-state index is 0.113. The fourth-order valence-corrected chi connectivity index (χ4v) is 8.17. The summed E-state index contributed by atoms with van der Waals surface area (Å²) < 4.78 is 15.1. The first-order valence-corrected chi connectivity index (χ1v) is 20.4. The molecule has 0 aromatic carbocycles. The third kappa shape index (κ3) is 12.8. The lowest BCUT2D eigenvalue weighted by Gasteiger charge is -2.47. The Morgan fingerprint density at radius 3 is 1.33 bits per heavy atom. The second-order valence-electron chi connectivity index (χ2n) is 15.0. The predicted octanol–water partition coefficient (Wildman–Crippen LogP) is 4.60. The number of halogens is 3. The Bertz CT molecular complexity index is 1650. The first-order valence-electron chi connectivity index (χ1n) is 17.2. The van der Waals surface area contributed by atoms with Gasteiger partial charge in [-0.2, -0.15) is 0 Å². The number of amides is 3. The molecule has 0 aliphatic heterocycles. The van der Waals surface area contributed by atoms with Gasteiger partial charge in [-0.25, -0.2) is 13.7 Å². The van der Waals surface area contributed by atoms with Gasteiger partial charge in [0.25, 0.3) is 0 Å². The second kappa shape index (κ2) is 19.4. The van der Waals surface area contributed by atoms with Gasteiger partial charge in [0.15, 0.2) is 56.8 Å². The molecule has 0 aliphatic rings. The van der Waals surface area contributed by atoms with E-state index in [2.05, 4.69) is 83.7 Å². The van der Waals surface area contributed by atoms with Crippen LogP contribution in [-0.4, -0.2) is 51.1 Å². The molecule has 0 spiro atoms. The number of methoxy groups -OCH3 is 1. The molecule has 0 saturated heterocycles. The quantitative estimate of drug-likeness (QED) is 0.128. The Balaban J connectivity index is 1.89. The summed E-state index contributed by atoms with van der Waals surface area (Å²) in [7, 11) is 1.57. The van der Waals surface area contributed by atoms with Crippen LogP contribution in [0.1, 0.15) is 54.4 Å². The molecule has 3 N–H and O–H groups in total. The van der Waals surface area contributed by atoms with Crippen molar-refractivity contribution in [2.75, 3.05) is 33.4 Å². The Hall–Kier alpha value is -1.99. The van der Waals surface area contributed by atoms with Crippen LogP contribution in [0.3, 0.4) is 0 Å². The molecular weight excluding hydrogens is 985 g/mol. The molecule has 3 atom stereocenters. The summed E-state index contributed by atoms with van der Waals surface area (Å²) in [6.07, 6.45) is 12.4. The molecule has 0 radical (unpaired) electrons. The van der Waals surface area contributed by atoms with Crippen LogP contribution in [-0.2, 0) is 38.8 Å². The molecule has 0 bridgehead atoms. The molecular formula is C38H54I3N6O4+3. The highest BCUT2D eigenvalue weighted by atomic mass is 127. The molecule has 13 heteroatoms. The molecule has 0 fully saturated rings.